The molecule has 0 spiro atoms. The second-order valence-corrected chi connectivity index (χ2v) is 4.58. The molecule has 0 rings (SSSR count). The van der Waals surface area contributed by atoms with E-state index in [1.807, 2.05) is 6.92 Å². The topological polar surface area (TPSA) is 64.6 Å². The monoisotopic (exact) mass is 243 g/mol. The molecule has 1 amide bonds. The first-order valence-corrected chi connectivity index (χ1v) is 5.53. The molecule has 0 aromatic heterocycles. The predicted octanol–water partition coefficient (Wildman–Crippen LogP) is 2.02. The number of carbonyl (C=O) groups is 2. The van der Waals surface area contributed by atoms with Gasteiger partial charge in [0.25, 0.3) is 0 Å². The van der Waals surface area contributed by atoms with Crippen molar-refractivity contribution in [2.24, 2.45) is 0 Å². The lowest BCUT2D eigenvalue weighted by Crippen LogP contribution is -2.36. The predicted molar refractivity (Wildman–Crippen MR) is 64.6 cm³/mol. The first kappa shape index (κ1) is 15.5. The first-order chi connectivity index (χ1) is 7.74. The Morgan fingerprint density at radius 1 is 1.35 bits per heavy atom. The van der Waals surface area contributed by atoms with Crippen LogP contribution in [-0.2, 0) is 14.3 Å². The molecule has 0 heterocycles. The average Bonchev–Trinajstić information content (AvgIpc) is 2.12. The van der Waals surface area contributed by atoms with Crippen LogP contribution in [0.25, 0.3) is 0 Å². The van der Waals surface area contributed by atoms with Gasteiger partial charge >= 0.3 is 12.1 Å². The summed E-state index contributed by atoms with van der Waals surface area (Å²) in [4.78, 5) is 22.5. The molecule has 17 heavy (non-hydrogen) atoms. The molecule has 0 aromatic carbocycles. The Labute approximate surface area is 102 Å². The molecule has 1 N–H and O–H groups in total. The van der Waals surface area contributed by atoms with E-state index in [-0.39, 0.29) is 12.6 Å². The molecule has 5 nitrogen and oxygen atoms in total. The Balaban J connectivity index is 3.89. The highest BCUT2D eigenvalue weighted by Gasteiger charge is 2.17. The Kier molecular flexibility index (Phi) is 6.31. The fourth-order valence-corrected chi connectivity index (χ4v) is 1.02. The van der Waals surface area contributed by atoms with Gasteiger partial charge in [-0.1, -0.05) is 6.08 Å². The minimum Gasteiger partial charge on any atom is -0.457 e. The third kappa shape index (κ3) is 9.41. The number of rotatable bonds is 4. The standard InChI is InChI=1S/C12H21NO4/c1-6-7-9(2)16-10(14)8-13-11(15)17-12(3,4)5/h6-7,9H,8H2,1-5H3,(H,13,15)/b7-6+/t9-/m0/s1. The van der Waals surface area contributed by atoms with Crippen molar-refractivity contribution >= 4 is 12.1 Å². The molecule has 0 fully saturated rings. The first-order valence-electron chi connectivity index (χ1n) is 5.53. The number of allylic oxidation sites excluding steroid dienone is 1. The van der Waals surface area contributed by atoms with Gasteiger partial charge in [-0.05, 0) is 40.7 Å². The van der Waals surface area contributed by atoms with Gasteiger partial charge in [0.05, 0.1) is 0 Å². The average molecular weight is 243 g/mol. The molecule has 0 unspecified atom stereocenters. The van der Waals surface area contributed by atoms with Gasteiger partial charge in [0.1, 0.15) is 18.2 Å². The molecule has 0 radical (unpaired) electrons. The van der Waals surface area contributed by atoms with E-state index < -0.39 is 17.7 Å². The number of amides is 1. The van der Waals surface area contributed by atoms with Gasteiger partial charge in [0.2, 0.25) is 0 Å². The third-order valence-electron chi connectivity index (χ3n) is 1.56. The number of alkyl carbamates (subject to hydrolysis) is 1. The zero-order valence-electron chi connectivity index (χ0n) is 11.1. The van der Waals surface area contributed by atoms with Gasteiger partial charge in [-0.3, -0.25) is 4.79 Å². The van der Waals surface area contributed by atoms with E-state index >= 15 is 0 Å². The molecule has 5 heteroatoms. The minimum absolute atomic E-state index is 0.198. The van der Waals surface area contributed by atoms with Crippen LogP contribution in [0.15, 0.2) is 12.2 Å². The van der Waals surface area contributed by atoms with Crippen molar-refractivity contribution in [2.45, 2.75) is 46.3 Å². The Morgan fingerprint density at radius 2 is 1.94 bits per heavy atom. The van der Waals surface area contributed by atoms with Crippen molar-refractivity contribution in [3.8, 4) is 0 Å². The third-order valence-corrected chi connectivity index (χ3v) is 1.56. The molecular weight excluding hydrogens is 222 g/mol. The van der Waals surface area contributed by atoms with E-state index in [2.05, 4.69) is 5.32 Å². The summed E-state index contributed by atoms with van der Waals surface area (Å²) >= 11 is 0. The van der Waals surface area contributed by atoms with E-state index in [1.54, 1.807) is 39.8 Å². The van der Waals surface area contributed by atoms with Crippen molar-refractivity contribution in [3.05, 3.63) is 12.2 Å². The summed E-state index contributed by atoms with van der Waals surface area (Å²) in [5, 5.41) is 2.33. The maximum absolute atomic E-state index is 11.3. The van der Waals surface area contributed by atoms with Crippen LogP contribution in [0.5, 0.6) is 0 Å². The van der Waals surface area contributed by atoms with Crippen molar-refractivity contribution in [1.82, 2.24) is 5.32 Å². The van der Waals surface area contributed by atoms with E-state index in [0.29, 0.717) is 0 Å². The number of hydrogen-bond donors (Lipinski definition) is 1. The Hall–Kier alpha value is -1.52. The maximum Gasteiger partial charge on any atom is 0.408 e. The highest BCUT2D eigenvalue weighted by atomic mass is 16.6. The quantitative estimate of drug-likeness (QED) is 0.606. The fraction of sp³-hybridized carbons (Fsp3) is 0.667. The normalized spacial score (nSPS) is 13.2. The van der Waals surface area contributed by atoms with Gasteiger partial charge in [-0.15, -0.1) is 0 Å². The van der Waals surface area contributed by atoms with Crippen LogP contribution >= 0.6 is 0 Å². The smallest absolute Gasteiger partial charge is 0.408 e. The molecule has 98 valence electrons. The molecule has 1 atom stereocenters. The summed E-state index contributed by atoms with van der Waals surface area (Å²) in [6, 6.07) is 0. The summed E-state index contributed by atoms with van der Waals surface area (Å²) in [6.45, 7) is 8.63. The zero-order chi connectivity index (χ0) is 13.5. The Morgan fingerprint density at radius 3 is 2.41 bits per heavy atom. The molecular formula is C12H21NO4. The van der Waals surface area contributed by atoms with Crippen molar-refractivity contribution in [1.29, 1.82) is 0 Å². The van der Waals surface area contributed by atoms with E-state index in [1.165, 1.54) is 0 Å². The second-order valence-electron chi connectivity index (χ2n) is 4.58. The highest BCUT2D eigenvalue weighted by molar-refractivity contribution is 5.78. The molecule has 0 aliphatic heterocycles. The second kappa shape index (κ2) is 6.93. The summed E-state index contributed by atoms with van der Waals surface area (Å²) in [6.07, 6.45) is 2.60. The molecule has 0 saturated carbocycles. The van der Waals surface area contributed by atoms with Crippen molar-refractivity contribution in [2.75, 3.05) is 6.54 Å². The van der Waals surface area contributed by atoms with E-state index in [9.17, 15) is 9.59 Å². The maximum atomic E-state index is 11.3. The summed E-state index contributed by atoms with van der Waals surface area (Å²) in [7, 11) is 0. The van der Waals surface area contributed by atoms with E-state index in [0.717, 1.165) is 0 Å². The van der Waals surface area contributed by atoms with Crippen LogP contribution in [0.4, 0.5) is 4.79 Å². The van der Waals surface area contributed by atoms with Crippen LogP contribution in [0.2, 0.25) is 0 Å². The number of carbonyl (C=O) groups excluding carboxylic acids is 2. The van der Waals surface area contributed by atoms with Crippen molar-refractivity contribution < 1.29 is 19.1 Å². The fourth-order valence-electron chi connectivity index (χ4n) is 1.02. The lowest BCUT2D eigenvalue weighted by atomic mass is 10.2. The highest BCUT2D eigenvalue weighted by Crippen LogP contribution is 2.06. The van der Waals surface area contributed by atoms with Crippen LogP contribution in [0, 0.1) is 0 Å². The van der Waals surface area contributed by atoms with Gasteiger partial charge in [-0.25, -0.2) is 4.79 Å². The number of ether oxygens (including phenoxy) is 2. The number of esters is 1. The molecule has 0 bridgehead atoms. The molecule has 0 aliphatic carbocycles. The summed E-state index contributed by atoms with van der Waals surface area (Å²) < 4.78 is 9.94. The van der Waals surface area contributed by atoms with Gasteiger partial charge in [-0.2, -0.15) is 0 Å². The van der Waals surface area contributed by atoms with Crippen LogP contribution in [-0.4, -0.2) is 30.3 Å². The molecule has 0 aromatic rings. The number of nitrogens with one attached hydrogen (secondary N) is 1. The number of hydrogen-bond acceptors (Lipinski definition) is 4. The van der Waals surface area contributed by atoms with Crippen LogP contribution in [0.1, 0.15) is 34.6 Å². The van der Waals surface area contributed by atoms with Crippen molar-refractivity contribution in [3.63, 3.8) is 0 Å². The summed E-state index contributed by atoms with van der Waals surface area (Å²) in [5.74, 6) is -0.499. The lowest BCUT2D eigenvalue weighted by Gasteiger charge is -2.19. The van der Waals surface area contributed by atoms with Crippen LogP contribution in [0.3, 0.4) is 0 Å². The van der Waals surface area contributed by atoms with Crippen LogP contribution < -0.4 is 5.32 Å². The zero-order valence-corrected chi connectivity index (χ0v) is 11.1. The van der Waals surface area contributed by atoms with Gasteiger partial charge < -0.3 is 14.8 Å². The largest absolute Gasteiger partial charge is 0.457 e. The SMILES string of the molecule is C/C=C/[C@H](C)OC(=O)CNC(=O)OC(C)(C)C. The van der Waals surface area contributed by atoms with E-state index in [4.69, 9.17) is 9.47 Å². The molecule has 0 aliphatic rings. The minimum atomic E-state index is -0.631. The Bertz CT molecular complexity index is 291. The molecule has 0 saturated heterocycles. The van der Waals surface area contributed by atoms with Gasteiger partial charge in [0.15, 0.2) is 0 Å². The lowest BCUT2D eigenvalue weighted by molar-refractivity contribution is -0.145. The van der Waals surface area contributed by atoms with Gasteiger partial charge in [0, 0.05) is 0 Å². The summed E-state index contributed by atoms with van der Waals surface area (Å²) in [5.41, 5.74) is -0.577.